The van der Waals surface area contributed by atoms with Gasteiger partial charge in [-0.15, -0.1) is 0 Å². The van der Waals surface area contributed by atoms with Crippen LogP contribution < -0.4 is 5.43 Å². The van der Waals surface area contributed by atoms with Crippen molar-refractivity contribution in [3.63, 3.8) is 0 Å². The van der Waals surface area contributed by atoms with Crippen LogP contribution in [-0.4, -0.2) is 32.1 Å². The first kappa shape index (κ1) is 15.5. The molecule has 0 atom stereocenters. The number of amides is 1. The Hall–Kier alpha value is -2.88. The Labute approximate surface area is 132 Å². The summed E-state index contributed by atoms with van der Waals surface area (Å²) in [6.07, 6.45) is 5.11. The van der Waals surface area contributed by atoms with E-state index in [1.165, 1.54) is 18.6 Å². The fourth-order valence-corrected chi connectivity index (χ4v) is 1.91. The second-order valence-electron chi connectivity index (χ2n) is 3.91. The molecule has 0 unspecified atom stereocenters. The number of nitro groups is 1. The summed E-state index contributed by atoms with van der Waals surface area (Å²) < 4.78 is 0.142. The van der Waals surface area contributed by atoms with Crippen LogP contribution in [0.2, 0.25) is 0 Å². The average Bonchev–Trinajstić information content (AvgIpc) is 2.51. The minimum absolute atomic E-state index is 0.0593. The second kappa shape index (κ2) is 6.72. The smallest absolute Gasteiger partial charge is 0.291 e. The van der Waals surface area contributed by atoms with Gasteiger partial charge in [-0.25, -0.2) is 10.4 Å². The van der Waals surface area contributed by atoms with Gasteiger partial charge in [-0.3, -0.25) is 19.9 Å². The summed E-state index contributed by atoms with van der Waals surface area (Å²) in [5, 5.41) is 24.2. The van der Waals surface area contributed by atoms with Crippen molar-refractivity contribution in [1.82, 2.24) is 15.4 Å². The van der Waals surface area contributed by atoms with Gasteiger partial charge >= 0.3 is 0 Å². The Morgan fingerprint density at radius 2 is 2.23 bits per heavy atom. The lowest BCUT2D eigenvalue weighted by Gasteiger charge is -2.02. The van der Waals surface area contributed by atoms with Gasteiger partial charge in [0.2, 0.25) is 0 Å². The number of aromatic hydroxyl groups is 1. The summed E-state index contributed by atoms with van der Waals surface area (Å²) in [5.74, 6) is -0.837. The number of nitro benzene ring substituents is 1. The van der Waals surface area contributed by atoms with Crippen LogP contribution in [0.4, 0.5) is 5.69 Å². The molecule has 0 radical (unpaired) electrons. The van der Waals surface area contributed by atoms with Crippen LogP contribution in [0.3, 0.4) is 0 Å². The monoisotopic (exact) mass is 365 g/mol. The zero-order valence-electron chi connectivity index (χ0n) is 10.8. The number of non-ortho nitro benzene ring substituents is 1. The summed E-state index contributed by atoms with van der Waals surface area (Å²) >= 11 is 3.00. The van der Waals surface area contributed by atoms with Gasteiger partial charge in [0.05, 0.1) is 21.8 Å². The molecular weight excluding hydrogens is 358 g/mol. The SMILES string of the molecule is O=C(NN=Cc1cc([N+](=O)[O-])cc(Br)c1O)c1cnccn1. The standard InChI is InChI=1S/C12H8BrN5O4/c13-9-4-8(18(21)22)3-7(11(9)19)5-16-17-12(20)10-6-14-1-2-15-10/h1-6,19H,(H,17,20). The maximum absolute atomic E-state index is 11.7. The van der Waals surface area contributed by atoms with E-state index in [0.29, 0.717) is 0 Å². The number of carbonyl (C=O) groups excluding carboxylic acids is 1. The van der Waals surface area contributed by atoms with Crippen LogP contribution in [0.15, 0.2) is 40.3 Å². The number of phenols is 1. The van der Waals surface area contributed by atoms with Crippen LogP contribution >= 0.6 is 15.9 Å². The van der Waals surface area contributed by atoms with E-state index in [-0.39, 0.29) is 27.2 Å². The third-order valence-electron chi connectivity index (χ3n) is 2.45. The Bertz CT molecular complexity index is 751. The summed E-state index contributed by atoms with van der Waals surface area (Å²) in [6, 6.07) is 2.28. The van der Waals surface area contributed by atoms with Gasteiger partial charge in [-0.05, 0) is 15.9 Å². The molecule has 22 heavy (non-hydrogen) atoms. The fourth-order valence-electron chi connectivity index (χ4n) is 1.44. The number of rotatable bonds is 4. The average molecular weight is 366 g/mol. The van der Waals surface area contributed by atoms with E-state index in [2.05, 4.69) is 36.4 Å². The molecule has 2 aromatic rings. The molecule has 1 aromatic heterocycles. The molecule has 1 heterocycles. The molecule has 1 aromatic carbocycles. The highest BCUT2D eigenvalue weighted by molar-refractivity contribution is 9.10. The normalized spacial score (nSPS) is 10.6. The van der Waals surface area contributed by atoms with Gasteiger partial charge in [-0.1, -0.05) is 0 Å². The van der Waals surface area contributed by atoms with Crippen molar-refractivity contribution in [2.75, 3.05) is 0 Å². The van der Waals surface area contributed by atoms with Gasteiger partial charge in [0.15, 0.2) is 0 Å². The van der Waals surface area contributed by atoms with E-state index in [1.54, 1.807) is 0 Å². The Morgan fingerprint density at radius 3 is 2.86 bits per heavy atom. The Kier molecular flexibility index (Phi) is 4.73. The number of benzene rings is 1. The van der Waals surface area contributed by atoms with E-state index in [9.17, 15) is 20.0 Å². The van der Waals surface area contributed by atoms with Crippen molar-refractivity contribution in [3.8, 4) is 5.75 Å². The third kappa shape index (κ3) is 3.61. The van der Waals surface area contributed by atoms with Crippen molar-refractivity contribution >= 4 is 33.7 Å². The third-order valence-corrected chi connectivity index (χ3v) is 3.06. The molecule has 2 rings (SSSR count). The molecular formula is C12H8BrN5O4. The van der Waals surface area contributed by atoms with Gasteiger partial charge in [0.1, 0.15) is 11.4 Å². The summed E-state index contributed by atoms with van der Waals surface area (Å²) in [5.41, 5.74) is 2.07. The zero-order chi connectivity index (χ0) is 16.1. The molecule has 10 heteroatoms. The highest BCUT2D eigenvalue weighted by atomic mass is 79.9. The molecule has 1 amide bonds. The lowest BCUT2D eigenvalue weighted by molar-refractivity contribution is -0.385. The molecule has 0 saturated carbocycles. The number of hydrogen-bond donors (Lipinski definition) is 2. The second-order valence-corrected chi connectivity index (χ2v) is 4.77. The maximum atomic E-state index is 11.7. The first-order valence-corrected chi connectivity index (χ1v) is 6.54. The lowest BCUT2D eigenvalue weighted by Crippen LogP contribution is -2.19. The van der Waals surface area contributed by atoms with Gasteiger partial charge in [0, 0.05) is 30.1 Å². The molecule has 0 aliphatic rings. The maximum Gasteiger partial charge on any atom is 0.291 e. The lowest BCUT2D eigenvalue weighted by atomic mass is 10.2. The quantitative estimate of drug-likeness (QED) is 0.480. The van der Waals surface area contributed by atoms with E-state index < -0.39 is 10.8 Å². The van der Waals surface area contributed by atoms with Gasteiger partial charge < -0.3 is 5.11 Å². The molecule has 0 fully saturated rings. The summed E-state index contributed by atoms with van der Waals surface area (Å²) in [4.78, 5) is 29.3. The number of hydrazone groups is 1. The van der Waals surface area contributed by atoms with Crippen molar-refractivity contribution in [3.05, 3.63) is 56.6 Å². The van der Waals surface area contributed by atoms with E-state index in [1.807, 2.05) is 0 Å². The molecule has 0 aliphatic heterocycles. The minimum atomic E-state index is -0.611. The van der Waals surface area contributed by atoms with Crippen molar-refractivity contribution < 1.29 is 14.8 Å². The topological polar surface area (TPSA) is 131 Å². The number of halogens is 1. The highest BCUT2D eigenvalue weighted by Crippen LogP contribution is 2.31. The molecule has 2 N–H and O–H groups in total. The Balaban J connectivity index is 2.17. The highest BCUT2D eigenvalue weighted by Gasteiger charge is 2.13. The number of carbonyl (C=O) groups is 1. The predicted octanol–water partition coefficient (Wildman–Crippen LogP) is 1.62. The predicted molar refractivity (Wildman–Crippen MR) is 79.6 cm³/mol. The van der Waals surface area contributed by atoms with Crippen LogP contribution in [0, 0.1) is 10.1 Å². The largest absolute Gasteiger partial charge is 0.506 e. The first-order chi connectivity index (χ1) is 10.5. The molecule has 0 bridgehead atoms. The molecule has 0 saturated heterocycles. The van der Waals surface area contributed by atoms with E-state index in [0.717, 1.165) is 18.3 Å². The van der Waals surface area contributed by atoms with Gasteiger partial charge in [0.25, 0.3) is 11.6 Å². The van der Waals surface area contributed by atoms with Gasteiger partial charge in [-0.2, -0.15) is 5.10 Å². The number of nitrogens with one attached hydrogen (secondary N) is 1. The van der Waals surface area contributed by atoms with E-state index in [4.69, 9.17) is 0 Å². The molecule has 0 aliphatic carbocycles. The minimum Gasteiger partial charge on any atom is -0.506 e. The Morgan fingerprint density at radius 1 is 1.45 bits per heavy atom. The number of nitrogens with zero attached hydrogens (tertiary/aromatic N) is 4. The van der Waals surface area contributed by atoms with Crippen LogP contribution in [-0.2, 0) is 0 Å². The van der Waals surface area contributed by atoms with Crippen LogP contribution in [0.5, 0.6) is 5.75 Å². The van der Waals surface area contributed by atoms with Crippen molar-refractivity contribution in [2.45, 2.75) is 0 Å². The molecule has 0 spiro atoms. The summed E-state index contributed by atoms with van der Waals surface area (Å²) in [6.45, 7) is 0. The molecule has 112 valence electrons. The van der Waals surface area contributed by atoms with Crippen molar-refractivity contribution in [2.24, 2.45) is 5.10 Å². The fraction of sp³-hybridized carbons (Fsp3) is 0. The van der Waals surface area contributed by atoms with Crippen LogP contribution in [0.25, 0.3) is 0 Å². The number of phenolic OH excluding ortho intramolecular Hbond substituents is 1. The van der Waals surface area contributed by atoms with Crippen molar-refractivity contribution in [1.29, 1.82) is 0 Å². The number of hydrogen-bond acceptors (Lipinski definition) is 7. The zero-order valence-corrected chi connectivity index (χ0v) is 12.4. The summed E-state index contributed by atoms with van der Waals surface area (Å²) in [7, 11) is 0. The number of aromatic nitrogens is 2. The van der Waals surface area contributed by atoms with Crippen LogP contribution in [0.1, 0.15) is 16.1 Å². The molecule has 9 nitrogen and oxygen atoms in total. The first-order valence-electron chi connectivity index (χ1n) is 5.75. The van der Waals surface area contributed by atoms with E-state index >= 15 is 0 Å².